The fourth-order valence-electron chi connectivity index (χ4n) is 2.48. The Morgan fingerprint density at radius 1 is 1.23 bits per heavy atom. The van der Waals surface area contributed by atoms with Crippen LogP contribution in [0.25, 0.3) is 0 Å². The molecule has 0 aromatic heterocycles. The first kappa shape index (κ1) is 17.0. The molecular weight excluding hydrogens is 296 g/mol. The molecule has 3 nitrogen and oxygen atoms in total. The topological polar surface area (TPSA) is 43.4 Å². The monoisotopic (exact) mass is 320 g/mol. The van der Waals surface area contributed by atoms with Crippen LogP contribution in [0.2, 0.25) is 0 Å². The lowest BCUT2D eigenvalue weighted by Crippen LogP contribution is -2.07. The van der Waals surface area contributed by atoms with Crippen molar-refractivity contribution >= 4 is 10.1 Å². The van der Waals surface area contributed by atoms with E-state index in [-0.39, 0.29) is 16.9 Å². The third-order valence-corrected chi connectivity index (χ3v) is 5.13. The van der Waals surface area contributed by atoms with E-state index in [9.17, 15) is 8.42 Å². The summed E-state index contributed by atoms with van der Waals surface area (Å²) in [7, 11) is -3.64. The predicted octanol–water partition coefficient (Wildman–Crippen LogP) is 4.39. The van der Waals surface area contributed by atoms with Crippen LogP contribution in [0.3, 0.4) is 0 Å². The highest BCUT2D eigenvalue weighted by atomic mass is 32.2. The molecule has 2 rings (SSSR count). The molecule has 0 fully saturated rings. The molecule has 0 saturated carbocycles. The van der Waals surface area contributed by atoms with Gasteiger partial charge in [0.15, 0.2) is 0 Å². The highest BCUT2D eigenvalue weighted by Gasteiger charge is 2.21. The molecule has 1 aliphatic carbocycles. The fourth-order valence-corrected chi connectivity index (χ4v) is 3.40. The molecule has 1 aromatic carbocycles. The lowest BCUT2D eigenvalue weighted by molar-refractivity contribution is 0.324. The molecule has 0 saturated heterocycles. The maximum Gasteiger partial charge on any atom is 0.296 e. The molecule has 1 aliphatic rings. The Morgan fingerprint density at radius 2 is 1.91 bits per heavy atom. The molecule has 0 bridgehead atoms. The van der Waals surface area contributed by atoms with E-state index in [2.05, 4.69) is 26.0 Å². The number of hydrogen-bond acceptors (Lipinski definition) is 3. The van der Waals surface area contributed by atoms with E-state index in [1.54, 1.807) is 24.3 Å². The summed E-state index contributed by atoms with van der Waals surface area (Å²) in [6.07, 6.45) is 9.20. The van der Waals surface area contributed by atoms with Crippen LogP contribution < -0.4 is 0 Å². The molecule has 0 unspecified atom stereocenters. The molecule has 1 aromatic rings. The minimum atomic E-state index is -3.64. The van der Waals surface area contributed by atoms with Crippen molar-refractivity contribution in [2.75, 3.05) is 6.61 Å². The number of allylic oxidation sites excluding steroid dienone is 3. The SMILES string of the molecule is Cc1ccc(S(=O)(=O)OCC/C=C/C2=CC(C)(C)CC2)cc1. The van der Waals surface area contributed by atoms with Crippen molar-refractivity contribution in [1.82, 2.24) is 0 Å². The van der Waals surface area contributed by atoms with Crippen molar-refractivity contribution in [3.05, 3.63) is 53.6 Å². The molecule has 0 spiro atoms. The van der Waals surface area contributed by atoms with Gasteiger partial charge in [-0.1, -0.05) is 55.3 Å². The van der Waals surface area contributed by atoms with Gasteiger partial charge in [-0.15, -0.1) is 0 Å². The zero-order valence-corrected chi connectivity index (χ0v) is 14.3. The van der Waals surface area contributed by atoms with Crippen LogP contribution in [0, 0.1) is 12.3 Å². The van der Waals surface area contributed by atoms with Gasteiger partial charge in [-0.3, -0.25) is 4.18 Å². The third kappa shape index (κ3) is 4.82. The quantitative estimate of drug-likeness (QED) is 0.576. The molecular formula is C18H24O3S. The molecule has 0 N–H and O–H groups in total. The second-order valence-electron chi connectivity index (χ2n) is 6.49. The van der Waals surface area contributed by atoms with Crippen LogP contribution in [0.4, 0.5) is 0 Å². The first-order valence-corrected chi connectivity index (χ1v) is 9.04. The predicted molar refractivity (Wildman–Crippen MR) is 89.2 cm³/mol. The molecule has 0 amide bonds. The van der Waals surface area contributed by atoms with Crippen LogP contribution in [-0.2, 0) is 14.3 Å². The van der Waals surface area contributed by atoms with Gasteiger partial charge in [0.2, 0.25) is 0 Å². The highest BCUT2D eigenvalue weighted by molar-refractivity contribution is 7.86. The van der Waals surface area contributed by atoms with Gasteiger partial charge in [-0.25, -0.2) is 0 Å². The Morgan fingerprint density at radius 3 is 2.50 bits per heavy atom. The van der Waals surface area contributed by atoms with Crippen molar-refractivity contribution in [1.29, 1.82) is 0 Å². The number of rotatable bonds is 6. The Kier molecular flexibility index (Phi) is 5.24. The van der Waals surface area contributed by atoms with Crippen LogP contribution in [0.15, 0.2) is 53.0 Å². The first-order valence-electron chi connectivity index (χ1n) is 7.63. The summed E-state index contributed by atoms with van der Waals surface area (Å²) in [6.45, 7) is 6.54. The number of hydrogen-bond donors (Lipinski definition) is 0. The molecule has 4 heteroatoms. The molecule has 0 aliphatic heterocycles. The first-order chi connectivity index (χ1) is 10.3. The van der Waals surface area contributed by atoms with Gasteiger partial charge in [0, 0.05) is 0 Å². The van der Waals surface area contributed by atoms with Crippen LogP contribution in [0.5, 0.6) is 0 Å². The van der Waals surface area contributed by atoms with E-state index < -0.39 is 10.1 Å². The summed E-state index contributed by atoms with van der Waals surface area (Å²) in [5, 5.41) is 0. The summed E-state index contributed by atoms with van der Waals surface area (Å²) in [6, 6.07) is 6.69. The lowest BCUT2D eigenvalue weighted by Gasteiger charge is -2.11. The molecule has 0 radical (unpaired) electrons. The van der Waals surface area contributed by atoms with E-state index in [0.717, 1.165) is 12.0 Å². The van der Waals surface area contributed by atoms with E-state index in [0.29, 0.717) is 6.42 Å². The smallest absolute Gasteiger partial charge is 0.266 e. The van der Waals surface area contributed by atoms with Crippen molar-refractivity contribution in [3.63, 3.8) is 0 Å². The van der Waals surface area contributed by atoms with Gasteiger partial charge in [-0.2, -0.15) is 8.42 Å². The van der Waals surface area contributed by atoms with Gasteiger partial charge in [0.1, 0.15) is 0 Å². The molecule has 120 valence electrons. The Labute approximate surface area is 133 Å². The van der Waals surface area contributed by atoms with Crippen LogP contribution in [-0.4, -0.2) is 15.0 Å². The Bertz CT molecular complexity index is 665. The fraction of sp³-hybridized carbons (Fsp3) is 0.444. The average Bonchev–Trinajstić information content (AvgIpc) is 2.78. The highest BCUT2D eigenvalue weighted by Crippen LogP contribution is 2.35. The van der Waals surface area contributed by atoms with Gasteiger partial charge >= 0.3 is 0 Å². The van der Waals surface area contributed by atoms with Gasteiger partial charge in [-0.05, 0) is 43.7 Å². The second-order valence-corrected chi connectivity index (χ2v) is 8.10. The van der Waals surface area contributed by atoms with Crippen molar-refractivity contribution in [2.45, 2.75) is 44.9 Å². The lowest BCUT2D eigenvalue weighted by atomic mass is 9.94. The third-order valence-electron chi connectivity index (χ3n) is 3.80. The van der Waals surface area contributed by atoms with Crippen molar-refractivity contribution in [2.24, 2.45) is 5.41 Å². The van der Waals surface area contributed by atoms with E-state index in [4.69, 9.17) is 4.18 Å². The van der Waals surface area contributed by atoms with Crippen LogP contribution >= 0.6 is 0 Å². The normalized spacial score (nSPS) is 17.9. The summed E-state index contributed by atoms with van der Waals surface area (Å²) >= 11 is 0. The molecule has 22 heavy (non-hydrogen) atoms. The van der Waals surface area contributed by atoms with Gasteiger partial charge in [0.05, 0.1) is 11.5 Å². The van der Waals surface area contributed by atoms with E-state index in [1.165, 1.54) is 12.0 Å². The Hall–Kier alpha value is -1.39. The Balaban J connectivity index is 1.82. The maximum absolute atomic E-state index is 12.0. The van der Waals surface area contributed by atoms with Gasteiger partial charge < -0.3 is 0 Å². The summed E-state index contributed by atoms with van der Waals surface area (Å²) in [5.41, 5.74) is 2.63. The van der Waals surface area contributed by atoms with Crippen molar-refractivity contribution in [3.8, 4) is 0 Å². The summed E-state index contributed by atoms with van der Waals surface area (Å²) in [4.78, 5) is 0.210. The largest absolute Gasteiger partial charge is 0.296 e. The molecule has 0 atom stereocenters. The minimum Gasteiger partial charge on any atom is -0.266 e. The van der Waals surface area contributed by atoms with Gasteiger partial charge in [0.25, 0.3) is 10.1 Å². The number of benzene rings is 1. The standard InChI is InChI=1S/C18H24O3S/c1-15-7-9-17(10-8-15)22(19,20)21-13-5-4-6-16-11-12-18(2,3)14-16/h4,6-10,14H,5,11-13H2,1-3H3/b6-4+. The van der Waals surface area contributed by atoms with Crippen molar-refractivity contribution < 1.29 is 12.6 Å². The van der Waals surface area contributed by atoms with E-state index >= 15 is 0 Å². The summed E-state index contributed by atoms with van der Waals surface area (Å²) < 4.78 is 29.0. The summed E-state index contributed by atoms with van der Waals surface area (Å²) in [5.74, 6) is 0. The zero-order valence-electron chi connectivity index (χ0n) is 13.5. The second kappa shape index (κ2) is 6.80. The maximum atomic E-state index is 12.0. The van der Waals surface area contributed by atoms with E-state index in [1.807, 2.05) is 13.0 Å². The number of aryl methyl sites for hydroxylation is 1. The average molecular weight is 320 g/mol. The van der Waals surface area contributed by atoms with Crippen LogP contribution in [0.1, 0.15) is 38.7 Å². The molecule has 0 heterocycles. The zero-order chi connectivity index (χ0) is 16.2. The minimum absolute atomic E-state index is 0.170.